The number of hydrogen-bond acceptors (Lipinski definition) is 2. The van der Waals surface area contributed by atoms with Crippen molar-refractivity contribution in [1.82, 2.24) is 0 Å². The van der Waals surface area contributed by atoms with Gasteiger partial charge in [-0.25, -0.2) is 0 Å². The largest absolute Gasteiger partial charge is 0.455 e. The van der Waals surface area contributed by atoms with Gasteiger partial charge >= 0.3 is 0 Å². The first kappa shape index (κ1) is 36.9. The van der Waals surface area contributed by atoms with Crippen LogP contribution in [0.5, 0.6) is 0 Å². The number of nitrogens with one attached hydrogen (secondary N) is 1. The van der Waals surface area contributed by atoms with Crippen LogP contribution in [0.3, 0.4) is 0 Å². The molecule has 11 aromatic rings. The van der Waals surface area contributed by atoms with Crippen molar-refractivity contribution in [2.45, 2.75) is 19.3 Å². The van der Waals surface area contributed by atoms with E-state index in [0.717, 1.165) is 66.7 Å². The summed E-state index contributed by atoms with van der Waals surface area (Å²) in [5.74, 6) is 0. The molecule has 0 fully saturated rings. The molecule has 298 valence electrons. The minimum Gasteiger partial charge on any atom is -0.455 e. The fourth-order valence-corrected chi connectivity index (χ4v) is 10.0. The normalized spacial score (nSPS) is 12.7. The van der Waals surface area contributed by atoms with Crippen LogP contribution >= 0.6 is 0 Å². The van der Waals surface area contributed by atoms with Crippen molar-refractivity contribution in [3.63, 3.8) is 0 Å². The molecule has 0 aliphatic heterocycles. The summed E-state index contributed by atoms with van der Waals surface area (Å²) in [7, 11) is 0. The van der Waals surface area contributed by atoms with E-state index in [9.17, 15) is 0 Å². The maximum atomic E-state index is 6.51. The average Bonchev–Trinajstić information content (AvgIpc) is 3.83. The maximum Gasteiger partial charge on any atom is 0.143 e. The van der Waals surface area contributed by atoms with E-state index in [-0.39, 0.29) is 5.41 Å². The summed E-state index contributed by atoms with van der Waals surface area (Å²) in [5.41, 5.74) is 20.7. The predicted molar refractivity (Wildman–Crippen MR) is 266 cm³/mol. The summed E-state index contributed by atoms with van der Waals surface area (Å²) in [5, 5.41) is 8.69. The van der Waals surface area contributed by atoms with Crippen LogP contribution in [0.2, 0.25) is 0 Å². The van der Waals surface area contributed by atoms with Gasteiger partial charge in [-0.2, -0.15) is 0 Å². The van der Waals surface area contributed by atoms with Crippen molar-refractivity contribution in [1.29, 1.82) is 0 Å². The second kappa shape index (κ2) is 14.6. The van der Waals surface area contributed by atoms with Crippen molar-refractivity contribution < 1.29 is 4.42 Å². The third-order valence-corrected chi connectivity index (χ3v) is 13.3. The Bertz CT molecular complexity index is 3570. The number of para-hydroxylation sites is 3. The molecule has 0 atom stereocenters. The van der Waals surface area contributed by atoms with Crippen molar-refractivity contribution in [2.75, 3.05) is 5.32 Å². The molecule has 2 nitrogen and oxygen atoms in total. The first-order valence-electron chi connectivity index (χ1n) is 21.8. The molecule has 10 aromatic carbocycles. The molecule has 1 N–H and O–H groups in total. The van der Waals surface area contributed by atoms with Crippen molar-refractivity contribution in [3.05, 3.63) is 230 Å². The van der Waals surface area contributed by atoms with Gasteiger partial charge in [-0.15, -0.1) is 0 Å². The van der Waals surface area contributed by atoms with Crippen molar-refractivity contribution in [2.24, 2.45) is 0 Å². The smallest absolute Gasteiger partial charge is 0.143 e. The first-order valence-corrected chi connectivity index (χ1v) is 21.8. The third kappa shape index (κ3) is 6.25. The molecule has 0 unspecified atom stereocenters. The Morgan fingerprint density at radius 2 is 0.952 bits per heavy atom. The minimum absolute atomic E-state index is 0.174. The van der Waals surface area contributed by atoms with Crippen LogP contribution < -0.4 is 5.32 Å². The average molecular weight is 806 g/mol. The summed E-state index contributed by atoms with van der Waals surface area (Å²) < 4.78 is 6.51. The molecule has 0 amide bonds. The van der Waals surface area contributed by atoms with Gasteiger partial charge in [0.25, 0.3) is 0 Å². The van der Waals surface area contributed by atoms with Crippen LogP contribution in [0.1, 0.15) is 25.0 Å². The second-order valence-electron chi connectivity index (χ2n) is 17.4. The van der Waals surface area contributed by atoms with Gasteiger partial charge in [-0.1, -0.05) is 184 Å². The number of benzene rings is 10. The molecule has 0 spiro atoms. The predicted octanol–water partition coefficient (Wildman–Crippen LogP) is 17.1. The molecule has 1 aromatic heterocycles. The van der Waals surface area contributed by atoms with Gasteiger partial charge in [-0.3, -0.25) is 0 Å². The van der Waals surface area contributed by atoms with E-state index in [1.54, 1.807) is 0 Å². The van der Waals surface area contributed by atoms with Gasteiger partial charge in [0.1, 0.15) is 11.2 Å². The van der Waals surface area contributed by atoms with Crippen molar-refractivity contribution >= 4 is 44.1 Å². The molecule has 12 rings (SSSR count). The molecule has 63 heavy (non-hydrogen) atoms. The zero-order chi connectivity index (χ0) is 42.1. The summed E-state index contributed by atoms with van der Waals surface area (Å²) in [4.78, 5) is 0. The number of fused-ring (bicyclic) bond motifs is 7. The Balaban J connectivity index is 0.926. The topological polar surface area (TPSA) is 25.2 Å². The van der Waals surface area contributed by atoms with E-state index in [1.807, 2.05) is 12.1 Å². The fraction of sp³-hybridized carbons (Fsp3) is 0.0492. The van der Waals surface area contributed by atoms with Crippen LogP contribution in [-0.4, -0.2) is 0 Å². The summed E-state index contributed by atoms with van der Waals surface area (Å²) in [6.45, 7) is 4.73. The highest BCUT2D eigenvalue weighted by molar-refractivity contribution is 6.10. The monoisotopic (exact) mass is 805 g/mol. The number of hydrogen-bond donors (Lipinski definition) is 1. The lowest BCUT2D eigenvalue weighted by molar-refractivity contribution is 0.661. The molecule has 1 aliphatic carbocycles. The summed E-state index contributed by atoms with van der Waals surface area (Å²) in [6.07, 6.45) is 0. The molecule has 1 aliphatic rings. The van der Waals surface area contributed by atoms with Gasteiger partial charge in [0, 0.05) is 38.7 Å². The number of anilines is 2. The Kier molecular flexibility index (Phi) is 8.55. The highest BCUT2D eigenvalue weighted by atomic mass is 16.3. The Hall–Kier alpha value is -7.94. The molecule has 2 heteroatoms. The zero-order valence-electron chi connectivity index (χ0n) is 35.2. The molecule has 0 bridgehead atoms. The van der Waals surface area contributed by atoms with Gasteiger partial charge < -0.3 is 9.73 Å². The van der Waals surface area contributed by atoms with E-state index in [2.05, 4.69) is 225 Å². The number of rotatable bonds is 7. The van der Waals surface area contributed by atoms with Crippen molar-refractivity contribution in [3.8, 4) is 66.8 Å². The fourth-order valence-electron chi connectivity index (χ4n) is 10.0. The summed E-state index contributed by atoms with van der Waals surface area (Å²) in [6, 6.07) is 79.2. The summed E-state index contributed by atoms with van der Waals surface area (Å²) >= 11 is 0. The highest BCUT2D eigenvalue weighted by Gasteiger charge is 2.36. The van der Waals surface area contributed by atoms with Crippen LogP contribution in [0.25, 0.3) is 99.5 Å². The zero-order valence-corrected chi connectivity index (χ0v) is 35.2. The standard InChI is InChI=1S/C61H43NO/c1-61(2)56-37-44(42-27-26-40-16-6-7-17-41(40)34-42)29-32-50(56)51-33-30-47(38-57(51)61)62-58-24-10-8-20-52(58)49-31-28-43(39-14-4-3-5-15-39)36-55(49)46-19-12-18-45(35-46)48-22-13-23-54-53-21-9-11-25-59(53)63-60(48)54/h3-38,62H,1-2H3. The quantitative estimate of drug-likeness (QED) is 0.174. The van der Waals surface area contributed by atoms with E-state index < -0.39 is 0 Å². The Morgan fingerprint density at radius 1 is 0.349 bits per heavy atom. The lowest BCUT2D eigenvalue weighted by Crippen LogP contribution is -2.15. The molecule has 1 heterocycles. The van der Waals surface area contributed by atoms with Crippen LogP contribution in [-0.2, 0) is 5.41 Å². The van der Waals surface area contributed by atoms with Gasteiger partial charge in [0.2, 0.25) is 0 Å². The Labute approximate surface area is 367 Å². The van der Waals surface area contributed by atoms with E-state index in [0.29, 0.717) is 0 Å². The molecular formula is C61H43NO. The van der Waals surface area contributed by atoms with E-state index >= 15 is 0 Å². The highest BCUT2D eigenvalue weighted by Crippen LogP contribution is 2.51. The SMILES string of the molecule is CC1(C)c2cc(Nc3ccccc3-c3ccc(-c4ccccc4)cc3-c3cccc(-c4cccc5c4oc4ccccc45)c3)ccc2-c2ccc(-c3ccc4ccccc4c3)cc21. The van der Waals surface area contributed by atoms with E-state index in [1.165, 1.54) is 55.3 Å². The lowest BCUT2D eigenvalue weighted by Gasteiger charge is -2.23. The molecule has 0 saturated heterocycles. The van der Waals surface area contributed by atoms with Gasteiger partial charge in [-0.05, 0) is 126 Å². The second-order valence-corrected chi connectivity index (χ2v) is 17.4. The third-order valence-electron chi connectivity index (χ3n) is 13.3. The molecular weight excluding hydrogens is 763 g/mol. The molecule has 0 saturated carbocycles. The maximum absolute atomic E-state index is 6.51. The molecule has 0 radical (unpaired) electrons. The minimum atomic E-state index is -0.174. The number of furan rings is 1. The lowest BCUT2D eigenvalue weighted by atomic mass is 9.81. The Morgan fingerprint density at radius 3 is 1.83 bits per heavy atom. The van der Waals surface area contributed by atoms with Gasteiger partial charge in [0.05, 0.1) is 0 Å². The van der Waals surface area contributed by atoms with E-state index in [4.69, 9.17) is 4.42 Å². The first-order chi connectivity index (χ1) is 31.0. The van der Waals surface area contributed by atoms with Crippen LogP contribution in [0, 0.1) is 0 Å². The van der Waals surface area contributed by atoms with Crippen LogP contribution in [0.4, 0.5) is 11.4 Å². The van der Waals surface area contributed by atoms with Gasteiger partial charge in [0.15, 0.2) is 0 Å². The van der Waals surface area contributed by atoms with Crippen LogP contribution in [0.15, 0.2) is 223 Å².